The van der Waals surface area contributed by atoms with Gasteiger partial charge in [0.2, 0.25) is 0 Å². The van der Waals surface area contributed by atoms with Crippen LogP contribution in [0, 0.1) is 5.92 Å². The third kappa shape index (κ3) is 5.51. The van der Waals surface area contributed by atoms with Gasteiger partial charge in [-0.2, -0.15) is 5.21 Å². The van der Waals surface area contributed by atoms with Crippen LogP contribution < -0.4 is 0 Å². The number of nitrogens with zero attached hydrogens (tertiary/aromatic N) is 4. The smallest absolute Gasteiger partial charge is 0.307 e. The summed E-state index contributed by atoms with van der Waals surface area (Å²) < 4.78 is 0. The van der Waals surface area contributed by atoms with Gasteiger partial charge in [0.1, 0.15) is 0 Å². The van der Waals surface area contributed by atoms with Crippen LogP contribution in [0.5, 0.6) is 0 Å². The van der Waals surface area contributed by atoms with Crippen molar-refractivity contribution in [3.63, 3.8) is 0 Å². The van der Waals surface area contributed by atoms with Crippen LogP contribution in [-0.2, 0) is 17.8 Å². The number of aromatic amines is 1. The number of H-pyrrole nitrogens is 1. The van der Waals surface area contributed by atoms with Crippen molar-refractivity contribution in [3.8, 4) is 11.1 Å². The van der Waals surface area contributed by atoms with Gasteiger partial charge < -0.3 is 10.0 Å². The summed E-state index contributed by atoms with van der Waals surface area (Å²) in [5.41, 5.74) is 4.63. The fourth-order valence-corrected chi connectivity index (χ4v) is 3.80. The molecule has 0 radical (unpaired) electrons. The van der Waals surface area contributed by atoms with E-state index in [1.165, 1.54) is 5.56 Å². The molecule has 0 aliphatic heterocycles. The minimum Gasteiger partial charge on any atom is -0.481 e. The zero-order chi connectivity index (χ0) is 21.5. The maximum atomic E-state index is 11.9. The van der Waals surface area contributed by atoms with Crippen LogP contribution in [0.2, 0.25) is 0 Å². The van der Waals surface area contributed by atoms with E-state index in [-0.39, 0.29) is 5.92 Å². The number of hydrogen-bond acceptors (Lipinski definition) is 5. The van der Waals surface area contributed by atoms with Gasteiger partial charge in [0.15, 0.2) is 5.82 Å². The Morgan fingerprint density at radius 1 is 1.03 bits per heavy atom. The van der Waals surface area contributed by atoms with Crippen LogP contribution in [0.15, 0.2) is 48.5 Å². The van der Waals surface area contributed by atoms with E-state index in [2.05, 4.69) is 88.2 Å². The number of carboxylic acid groups (broad SMARTS) is 1. The van der Waals surface area contributed by atoms with E-state index in [9.17, 15) is 9.90 Å². The zero-order valence-electron chi connectivity index (χ0n) is 17.7. The third-order valence-corrected chi connectivity index (χ3v) is 5.29. The number of rotatable bonds is 10. The highest BCUT2D eigenvalue weighted by Crippen LogP contribution is 2.30. The first-order chi connectivity index (χ1) is 14.5. The Bertz CT molecular complexity index is 921. The Morgan fingerprint density at radius 3 is 2.10 bits per heavy atom. The lowest BCUT2D eigenvalue weighted by Gasteiger charge is -2.21. The molecule has 2 atom stereocenters. The summed E-state index contributed by atoms with van der Waals surface area (Å²) in [6, 6.07) is 16.9. The SMILES string of the molecule is CCCC(C(=O)O)C(Cc1ccc(-c2ccc(CN(C)C)cc2)cc1)c1nn[nH]n1. The number of carboxylic acids is 1. The number of hydrogen-bond donors (Lipinski definition) is 2. The molecule has 0 amide bonds. The molecule has 2 unspecified atom stereocenters. The largest absolute Gasteiger partial charge is 0.481 e. The van der Waals surface area contributed by atoms with E-state index >= 15 is 0 Å². The van der Waals surface area contributed by atoms with Crippen LogP contribution in [0.1, 0.15) is 42.6 Å². The van der Waals surface area contributed by atoms with Crippen molar-refractivity contribution in [3.05, 3.63) is 65.5 Å². The Hall–Kier alpha value is -3.06. The highest BCUT2D eigenvalue weighted by molar-refractivity contribution is 5.71. The van der Waals surface area contributed by atoms with Gasteiger partial charge in [-0.25, -0.2) is 0 Å². The molecule has 158 valence electrons. The Kier molecular flexibility index (Phi) is 7.30. The molecule has 3 aromatic rings. The van der Waals surface area contributed by atoms with Crippen LogP contribution in [0.4, 0.5) is 0 Å². The molecule has 2 N–H and O–H groups in total. The Balaban J connectivity index is 1.77. The third-order valence-electron chi connectivity index (χ3n) is 5.29. The second kappa shape index (κ2) is 10.1. The predicted molar refractivity (Wildman–Crippen MR) is 116 cm³/mol. The van der Waals surface area contributed by atoms with Gasteiger partial charge in [-0.05, 0) is 49.2 Å². The molecule has 2 aromatic carbocycles. The summed E-state index contributed by atoms with van der Waals surface area (Å²) in [6.07, 6.45) is 1.92. The summed E-state index contributed by atoms with van der Waals surface area (Å²) in [5.74, 6) is -1.23. The minimum absolute atomic E-state index is 0.322. The van der Waals surface area contributed by atoms with Gasteiger partial charge in [0.25, 0.3) is 0 Å². The molecular weight excluding hydrogens is 378 g/mol. The van der Waals surface area contributed by atoms with Crippen molar-refractivity contribution >= 4 is 5.97 Å². The maximum Gasteiger partial charge on any atom is 0.307 e. The van der Waals surface area contributed by atoms with Gasteiger partial charge in [-0.3, -0.25) is 4.79 Å². The molecule has 1 aromatic heterocycles. The van der Waals surface area contributed by atoms with Crippen molar-refractivity contribution in [2.75, 3.05) is 14.1 Å². The lowest BCUT2D eigenvalue weighted by atomic mass is 9.83. The lowest BCUT2D eigenvalue weighted by molar-refractivity contribution is -0.142. The molecule has 0 bridgehead atoms. The van der Waals surface area contributed by atoms with Crippen LogP contribution >= 0.6 is 0 Å². The first-order valence-electron chi connectivity index (χ1n) is 10.3. The van der Waals surface area contributed by atoms with E-state index in [0.29, 0.717) is 18.7 Å². The number of carbonyl (C=O) groups is 1. The van der Waals surface area contributed by atoms with Gasteiger partial charge in [0, 0.05) is 12.5 Å². The number of aliphatic carboxylic acids is 1. The first-order valence-corrected chi connectivity index (χ1v) is 10.3. The van der Waals surface area contributed by atoms with E-state index in [1.807, 2.05) is 6.92 Å². The molecule has 0 aliphatic carbocycles. The fraction of sp³-hybridized carbons (Fsp3) is 0.391. The van der Waals surface area contributed by atoms with Crippen molar-refractivity contribution in [2.45, 2.75) is 38.6 Å². The summed E-state index contributed by atoms with van der Waals surface area (Å²) >= 11 is 0. The first kappa shape index (κ1) is 21.6. The maximum absolute atomic E-state index is 11.9. The highest BCUT2D eigenvalue weighted by atomic mass is 16.4. The minimum atomic E-state index is -0.818. The fourth-order valence-electron chi connectivity index (χ4n) is 3.80. The molecule has 30 heavy (non-hydrogen) atoms. The number of benzene rings is 2. The number of tetrazole rings is 1. The van der Waals surface area contributed by atoms with E-state index in [0.717, 1.165) is 29.7 Å². The second-order valence-corrected chi connectivity index (χ2v) is 7.95. The second-order valence-electron chi connectivity index (χ2n) is 7.95. The monoisotopic (exact) mass is 407 g/mol. The molecular formula is C23H29N5O2. The molecule has 7 heteroatoms. The molecule has 0 saturated heterocycles. The summed E-state index contributed by atoms with van der Waals surface area (Å²) in [5, 5.41) is 24.0. The van der Waals surface area contributed by atoms with Crippen molar-refractivity contribution < 1.29 is 9.90 Å². The van der Waals surface area contributed by atoms with E-state index < -0.39 is 11.9 Å². The predicted octanol–water partition coefficient (Wildman–Crippen LogP) is 3.76. The Morgan fingerprint density at radius 2 is 1.63 bits per heavy atom. The normalized spacial score (nSPS) is 13.3. The van der Waals surface area contributed by atoms with Crippen LogP contribution in [0.25, 0.3) is 11.1 Å². The van der Waals surface area contributed by atoms with Crippen molar-refractivity contribution in [1.82, 2.24) is 25.5 Å². The lowest BCUT2D eigenvalue weighted by Crippen LogP contribution is -2.25. The van der Waals surface area contributed by atoms with E-state index in [4.69, 9.17) is 0 Å². The molecule has 7 nitrogen and oxygen atoms in total. The Labute approximate surface area is 177 Å². The molecule has 0 spiro atoms. The van der Waals surface area contributed by atoms with Crippen molar-refractivity contribution in [1.29, 1.82) is 0 Å². The van der Waals surface area contributed by atoms with Gasteiger partial charge >= 0.3 is 5.97 Å². The van der Waals surface area contributed by atoms with Gasteiger partial charge in [-0.15, -0.1) is 10.2 Å². The molecule has 0 saturated carbocycles. The summed E-state index contributed by atoms with van der Waals surface area (Å²) in [6.45, 7) is 2.90. The van der Waals surface area contributed by atoms with Gasteiger partial charge in [-0.1, -0.05) is 67.1 Å². The number of nitrogens with one attached hydrogen (secondary N) is 1. The van der Waals surface area contributed by atoms with E-state index in [1.54, 1.807) is 0 Å². The quantitative estimate of drug-likeness (QED) is 0.531. The average Bonchev–Trinajstić information content (AvgIpc) is 3.26. The van der Waals surface area contributed by atoms with Gasteiger partial charge in [0.05, 0.1) is 5.92 Å². The molecule has 1 heterocycles. The van der Waals surface area contributed by atoms with Crippen LogP contribution in [-0.4, -0.2) is 50.7 Å². The zero-order valence-corrected chi connectivity index (χ0v) is 17.7. The van der Waals surface area contributed by atoms with Crippen LogP contribution in [0.3, 0.4) is 0 Å². The summed E-state index contributed by atoms with van der Waals surface area (Å²) in [4.78, 5) is 14.0. The van der Waals surface area contributed by atoms with Crippen molar-refractivity contribution in [2.24, 2.45) is 5.92 Å². The summed E-state index contributed by atoms with van der Waals surface area (Å²) in [7, 11) is 4.12. The number of aromatic nitrogens is 4. The highest BCUT2D eigenvalue weighted by Gasteiger charge is 2.31. The molecule has 0 fully saturated rings. The molecule has 3 rings (SSSR count). The standard InChI is InChI=1S/C23H29N5O2/c1-4-5-20(23(29)30)21(22-24-26-27-25-22)14-16-6-10-18(11-7-16)19-12-8-17(9-13-19)15-28(2)3/h6-13,20-21H,4-5,14-15H2,1-3H3,(H,29,30)(H,24,25,26,27). The molecule has 0 aliphatic rings. The average molecular weight is 408 g/mol. The topological polar surface area (TPSA) is 95.0 Å².